The number of aliphatic hydroxyl groups is 1. The Kier molecular flexibility index (Phi) is 7.63. The van der Waals surface area contributed by atoms with E-state index in [9.17, 15) is 26.7 Å². The van der Waals surface area contributed by atoms with Crippen LogP contribution in [0.5, 0.6) is 11.6 Å². The Bertz CT molecular complexity index is 1270. The van der Waals surface area contributed by atoms with Gasteiger partial charge in [-0.1, -0.05) is 30.3 Å². The molecule has 0 saturated heterocycles. The molecule has 0 aliphatic heterocycles. The van der Waals surface area contributed by atoms with Crippen LogP contribution in [0.25, 0.3) is 11.3 Å². The molecule has 1 atom stereocenters. The first-order valence-electron chi connectivity index (χ1n) is 10.9. The molecule has 0 radical (unpaired) electrons. The topological polar surface area (TPSA) is 93.5 Å². The molecule has 1 heterocycles. The Balaban J connectivity index is 1.86. The molecule has 3 aromatic rings. The molecule has 0 amide bonds. The highest BCUT2D eigenvalue weighted by Gasteiger charge is 2.38. The second-order valence-electron chi connectivity index (χ2n) is 8.71. The van der Waals surface area contributed by atoms with Crippen molar-refractivity contribution in [1.82, 2.24) is 14.5 Å². The molecule has 0 saturated carbocycles. The monoisotopic (exact) mass is 511 g/mol. The highest BCUT2D eigenvalue weighted by molar-refractivity contribution is 7.89. The van der Waals surface area contributed by atoms with Gasteiger partial charge in [-0.25, -0.2) is 17.8 Å². The second-order valence-corrected chi connectivity index (χ2v) is 10.4. The van der Waals surface area contributed by atoms with Crippen molar-refractivity contribution in [2.75, 3.05) is 5.75 Å². The van der Waals surface area contributed by atoms with Crippen LogP contribution >= 0.6 is 0 Å². The summed E-state index contributed by atoms with van der Waals surface area (Å²) in [4.78, 5) is 0. The first-order chi connectivity index (χ1) is 16.2. The second kappa shape index (κ2) is 10.00. The third kappa shape index (κ3) is 7.06. The Morgan fingerprint density at radius 1 is 1.11 bits per heavy atom. The number of sulfonamides is 1. The largest absolute Gasteiger partial charge is 0.439 e. The quantitative estimate of drug-likeness (QED) is 0.415. The molecular formula is C24H28F3N3O4S. The van der Waals surface area contributed by atoms with Crippen LogP contribution in [0.2, 0.25) is 0 Å². The summed E-state index contributed by atoms with van der Waals surface area (Å²) < 4.78 is 71.8. The van der Waals surface area contributed by atoms with E-state index in [1.807, 2.05) is 6.92 Å². The highest BCUT2D eigenvalue weighted by atomic mass is 32.2. The van der Waals surface area contributed by atoms with E-state index in [4.69, 9.17) is 4.74 Å². The third-order valence-corrected chi connectivity index (χ3v) is 6.80. The summed E-state index contributed by atoms with van der Waals surface area (Å²) in [5.74, 6) is -0.921. The predicted octanol–water partition coefficient (Wildman–Crippen LogP) is 5.13. The molecule has 0 aliphatic carbocycles. The number of rotatable bonds is 9. The zero-order valence-corrected chi connectivity index (χ0v) is 20.6. The summed E-state index contributed by atoms with van der Waals surface area (Å²) in [6, 6.07) is 15.5. The van der Waals surface area contributed by atoms with Gasteiger partial charge in [0.15, 0.2) is 5.75 Å². The van der Waals surface area contributed by atoms with Crippen molar-refractivity contribution >= 4 is 10.0 Å². The smallest absolute Gasteiger partial charge is 0.404 e. The number of hydrogen-bond donors (Lipinski definition) is 2. The lowest BCUT2D eigenvalue weighted by Gasteiger charge is -2.27. The molecule has 0 bridgehead atoms. The number of aliphatic hydroxyl groups excluding tert-OH is 1. The fourth-order valence-electron chi connectivity index (χ4n) is 3.55. The van der Waals surface area contributed by atoms with Crippen LogP contribution in [0.3, 0.4) is 0 Å². The lowest BCUT2D eigenvalue weighted by Crippen LogP contribution is -2.44. The minimum Gasteiger partial charge on any atom is -0.439 e. The minimum absolute atomic E-state index is 0.475. The summed E-state index contributed by atoms with van der Waals surface area (Å²) in [5.41, 5.74) is 1.14. The SMILES string of the molecule is CCn1nc(-c2cccc(C(C)(C)NS(=O)(=O)CC(F)(F)F)c2)cc1Oc1ccc(C(C)O)cc1. The van der Waals surface area contributed by atoms with Crippen molar-refractivity contribution in [2.45, 2.75) is 52.1 Å². The average Bonchev–Trinajstić information content (AvgIpc) is 3.14. The molecule has 1 unspecified atom stereocenters. The number of nitrogens with one attached hydrogen (secondary N) is 1. The van der Waals surface area contributed by atoms with Crippen LogP contribution in [0.1, 0.15) is 44.9 Å². The summed E-state index contributed by atoms with van der Waals surface area (Å²) in [6.45, 7) is 7.08. The zero-order valence-electron chi connectivity index (χ0n) is 19.8. The number of hydrogen-bond acceptors (Lipinski definition) is 5. The van der Waals surface area contributed by atoms with Gasteiger partial charge in [-0.2, -0.15) is 18.3 Å². The average molecular weight is 512 g/mol. The number of nitrogens with zero attached hydrogens (tertiary/aromatic N) is 2. The van der Waals surface area contributed by atoms with E-state index in [0.717, 1.165) is 5.56 Å². The van der Waals surface area contributed by atoms with Crippen molar-refractivity contribution in [3.8, 4) is 22.9 Å². The number of alkyl halides is 3. The molecule has 0 spiro atoms. The van der Waals surface area contributed by atoms with Crippen LogP contribution in [0.15, 0.2) is 54.6 Å². The van der Waals surface area contributed by atoms with Crippen LogP contribution in [0.4, 0.5) is 13.2 Å². The van der Waals surface area contributed by atoms with Crippen molar-refractivity contribution in [3.63, 3.8) is 0 Å². The maximum absolute atomic E-state index is 12.6. The Morgan fingerprint density at radius 2 is 1.77 bits per heavy atom. The van der Waals surface area contributed by atoms with Gasteiger partial charge in [0.05, 0.1) is 17.3 Å². The molecule has 2 N–H and O–H groups in total. The molecule has 3 rings (SSSR count). The van der Waals surface area contributed by atoms with Gasteiger partial charge in [-0.3, -0.25) is 0 Å². The van der Waals surface area contributed by atoms with Gasteiger partial charge in [-0.05, 0) is 57.0 Å². The van der Waals surface area contributed by atoms with Gasteiger partial charge in [-0.15, -0.1) is 0 Å². The van der Waals surface area contributed by atoms with Gasteiger partial charge in [0.1, 0.15) is 5.75 Å². The van der Waals surface area contributed by atoms with Gasteiger partial charge in [0.2, 0.25) is 15.9 Å². The van der Waals surface area contributed by atoms with E-state index in [1.54, 1.807) is 66.2 Å². The molecule has 0 fully saturated rings. The number of ether oxygens (including phenoxy) is 1. The van der Waals surface area contributed by atoms with Crippen molar-refractivity contribution in [1.29, 1.82) is 0 Å². The molecule has 190 valence electrons. The van der Waals surface area contributed by atoms with Crippen molar-refractivity contribution in [2.24, 2.45) is 0 Å². The van der Waals surface area contributed by atoms with Gasteiger partial charge >= 0.3 is 6.18 Å². The lowest BCUT2D eigenvalue weighted by atomic mass is 9.93. The van der Waals surface area contributed by atoms with Crippen LogP contribution in [-0.2, 0) is 22.1 Å². The maximum atomic E-state index is 12.6. The van der Waals surface area contributed by atoms with E-state index >= 15 is 0 Å². The van der Waals surface area contributed by atoms with E-state index in [1.165, 1.54) is 13.8 Å². The summed E-state index contributed by atoms with van der Waals surface area (Å²) in [7, 11) is -4.60. The van der Waals surface area contributed by atoms with Crippen LogP contribution < -0.4 is 9.46 Å². The molecule has 1 aromatic heterocycles. The molecule has 0 aliphatic rings. The Hall–Kier alpha value is -2.89. The molecule has 11 heteroatoms. The third-order valence-electron chi connectivity index (χ3n) is 5.27. The summed E-state index contributed by atoms with van der Waals surface area (Å²) in [5, 5.41) is 14.2. The standard InChI is InChI=1S/C24H28F3N3O4S/c1-5-30-22(34-20-11-9-17(10-12-20)16(2)31)14-21(28-30)18-7-6-8-19(13-18)23(3,4)29-35(32,33)15-24(25,26)27/h6-14,16,29,31H,5,15H2,1-4H3. The van der Waals surface area contributed by atoms with E-state index in [-0.39, 0.29) is 0 Å². The number of aromatic nitrogens is 2. The first kappa shape index (κ1) is 26.7. The van der Waals surface area contributed by atoms with E-state index < -0.39 is 33.6 Å². The van der Waals surface area contributed by atoms with Crippen molar-refractivity contribution in [3.05, 3.63) is 65.7 Å². The minimum atomic E-state index is -4.84. The van der Waals surface area contributed by atoms with Gasteiger partial charge < -0.3 is 9.84 Å². The fraction of sp³-hybridized carbons (Fsp3) is 0.375. The number of aryl methyl sites for hydroxylation is 1. The van der Waals surface area contributed by atoms with Gasteiger partial charge in [0, 0.05) is 18.2 Å². The molecular weight excluding hydrogens is 483 g/mol. The normalized spacial score (nSPS) is 13.6. The number of halogens is 3. The Morgan fingerprint density at radius 3 is 2.34 bits per heavy atom. The summed E-state index contributed by atoms with van der Waals surface area (Å²) >= 11 is 0. The first-order valence-corrected chi connectivity index (χ1v) is 12.6. The molecule has 35 heavy (non-hydrogen) atoms. The maximum Gasteiger partial charge on any atom is 0.404 e. The number of benzene rings is 2. The Labute approximate surface area is 202 Å². The zero-order chi connectivity index (χ0) is 26.0. The lowest BCUT2D eigenvalue weighted by molar-refractivity contribution is -0.106. The fourth-order valence-corrected chi connectivity index (χ4v) is 4.95. The predicted molar refractivity (Wildman–Crippen MR) is 126 cm³/mol. The highest BCUT2D eigenvalue weighted by Crippen LogP contribution is 2.31. The van der Waals surface area contributed by atoms with E-state index in [2.05, 4.69) is 9.82 Å². The molecule has 2 aromatic carbocycles. The van der Waals surface area contributed by atoms with Crippen LogP contribution in [-0.4, -0.2) is 35.2 Å². The van der Waals surface area contributed by atoms with E-state index in [0.29, 0.717) is 35.0 Å². The van der Waals surface area contributed by atoms with Gasteiger partial charge in [0.25, 0.3) is 0 Å². The molecule has 7 nitrogen and oxygen atoms in total. The van der Waals surface area contributed by atoms with Crippen LogP contribution in [0, 0.1) is 0 Å². The van der Waals surface area contributed by atoms with Crippen molar-refractivity contribution < 1.29 is 31.4 Å². The summed E-state index contributed by atoms with van der Waals surface area (Å²) in [6.07, 6.45) is -5.43.